The Bertz CT molecular complexity index is 1150. The van der Waals surface area contributed by atoms with E-state index in [4.69, 9.17) is 11.5 Å². The van der Waals surface area contributed by atoms with E-state index in [-0.39, 0.29) is 27.9 Å². The van der Waals surface area contributed by atoms with Crippen LogP contribution in [0.1, 0.15) is 41.4 Å². The average molecular weight is 390 g/mol. The number of rotatable bonds is 5. The van der Waals surface area contributed by atoms with Gasteiger partial charge in [-0.2, -0.15) is 10.1 Å². The standard InChI is InChI=1S/C20H15N5O4/c21-17(26)14-8-5-9-15(16(14)18(22)27)23-25(24-10-3-4-11-24)19(28)12-6-1-2-7-13(12)20(25)29/h1-11H,(H4-,21,22,23,26,27)/p+1. The van der Waals surface area contributed by atoms with Gasteiger partial charge in [-0.05, 0) is 36.4 Å². The highest BCUT2D eigenvalue weighted by Crippen LogP contribution is 2.31. The Labute approximate surface area is 164 Å². The minimum absolute atomic E-state index is 0.0250. The average Bonchev–Trinajstić information content (AvgIpc) is 3.31. The fourth-order valence-electron chi connectivity index (χ4n) is 3.48. The quantitative estimate of drug-likeness (QED) is 0.443. The molecule has 9 nitrogen and oxygen atoms in total. The summed E-state index contributed by atoms with van der Waals surface area (Å²) in [5, 5.41) is 0. The molecule has 29 heavy (non-hydrogen) atoms. The number of nitrogens with zero attached hydrogens (tertiary/aromatic N) is 2. The first kappa shape index (κ1) is 18.1. The van der Waals surface area contributed by atoms with Crippen LogP contribution in [0, 0.1) is 0 Å². The topological polar surface area (TPSA) is 137 Å². The zero-order chi connectivity index (χ0) is 20.8. The normalized spacial score (nSPS) is 14.5. The van der Waals surface area contributed by atoms with Crippen molar-refractivity contribution in [3.8, 4) is 0 Å². The van der Waals surface area contributed by atoms with Gasteiger partial charge in [0.15, 0.2) is 0 Å². The summed E-state index contributed by atoms with van der Waals surface area (Å²) in [6.45, 7) is 0. The van der Waals surface area contributed by atoms with E-state index in [1.807, 2.05) is 0 Å². The summed E-state index contributed by atoms with van der Waals surface area (Å²) in [7, 11) is 0. The number of carbonyl (C=O) groups is 4. The smallest absolute Gasteiger partial charge is 0.366 e. The number of amides is 4. The Kier molecular flexibility index (Phi) is 4.02. The first-order valence-electron chi connectivity index (χ1n) is 8.60. The highest BCUT2D eigenvalue weighted by molar-refractivity contribution is 6.27. The molecule has 5 N–H and O–H groups in total. The molecule has 1 aliphatic heterocycles. The molecule has 9 heteroatoms. The Morgan fingerprint density at radius 1 is 0.793 bits per heavy atom. The van der Waals surface area contributed by atoms with E-state index in [1.165, 1.54) is 35.3 Å². The Hall–Kier alpha value is -4.24. The van der Waals surface area contributed by atoms with Gasteiger partial charge in [-0.3, -0.25) is 9.59 Å². The van der Waals surface area contributed by atoms with Crippen LogP contribution in [-0.2, 0) is 0 Å². The molecule has 0 spiro atoms. The third kappa shape index (κ3) is 2.52. The summed E-state index contributed by atoms with van der Waals surface area (Å²) < 4.78 is 0.376. The van der Waals surface area contributed by atoms with Gasteiger partial charge in [-0.1, -0.05) is 18.2 Å². The molecule has 0 fully saturated rings. The van der Waals surface area contributed by atoms with Crippen molar-refractivity contribution in [3.63, 3.8) is 0 Å². The van der Waals surface area contributed by atoms with Gasteiger partial charge in [0.25, 0.3) is 5.91 Å². The molecule has 0 unspecified atom stereocenters. The minimum Gasteiger partial charge on any atom is -0.366 e. The lowest BCUT2D eigenvalue weighted by molar-refractivity contribution is 0.0522. The minimum atomic E-state index is -0.991. The van der Waals surface area contributed by atoms with Crippen molar-refractivity contribution in [2.45, 2.75) is 0 Å². The van der Waals surface area contributed by atoms with Crippen molar-refractivity contribution in [2.75, 3.05) is 5.43 Å². The van der Waals surface area contributed by atoms with Crippen LogP contribution < -0.4 is 21.6 Å². The number of hydrogen-bond donors (Lipinski definition) is 3. The van der Waals surface area contributed by atoms with Gasteiger partial charge in [0.2, 0.25) is 5.91 Å². The first-order valence-corrected chi connectivity index (χ1v) is 8.60. The van der Waals surface area contributed by atoms with E-state index in [1.54, 1.807) is 36.4 Å². The molecule has 0 atom stereocenters. The Morgan fingerprint density at radius 2 is 1.38 bits per heavy atom. The number of hydrogen-bond acceptors (Lipinski definition) is 5. The van der Waals surface area contributed by atoms with Crippen LogP contribution in [0.4, 0.5) is 5.69 Å². The largest absolute Gasteiger partial charge is 0.404 e. The number of primary amides is 2. The summed E-state index contributed by atoms with van der Waals surface area (Å²) in [5.41, 5.74) is 13.8. The molecule has 0 radical (unpaired) electrons. The van der Waals surface area contributed by atoms with Gasteiger partial charge in [0.05, 0.1) is 23.5 Å². The van der Waals surface area contributed by atoms with Crippen LogP contribution in [-0.4, -0.2) is 28.3 Å². The van der Waals surface area contributed by atoms with E-state index in [0.717, 1.165) is 0 Å². The molecule has 4 rings (SSSR count). The van der Waals surface area contributed by atoms with Gasteiger partial charge < -0.3 is 11.5 Å². The van der Waals surface area contributed by atoms with Gasteiger partial charge in [0, 0.05) is 4.70 Å². The first-order chi connectivity index (χ1) is 13.9. The van der Waals surface area contributed by atoms with Crippen molar-refractivity contribution >= 4 is 29.3 Å². The predicted octanol–water partition coefficient (Wildman–Crippen LogP) is 1.15. The van der Waals surface area contributed by atoms with Gasteiger partial charge >= 0.3 is 11.8 Å². The molecule has 0 bridgehead atoms. The van der Waals surface area contributed by atoms with Crippen molar-refractivity contribution in [2.24, 2.45) is 11.5 Å². The van der Waals surface area contributed by atoms with Gasteiger partial charge in [0.1, 0.15) is 16.8 Å². The van der Waals surface area contributed by atoms with Gasteiger partial charge in [-0.25, -0.2) is 9.59 Å². The number of nitrogens with two attached hydrogens (primary N) is 2. The fourth-order valence-corrected chi connectivity index (χ4v) is 3.48. The van der Waals surface area contributed by atoms with Crippen LogP contribution in [0.5, 0.6) is 0 Å². The zero-order valence-corrected chi connectivity index (χ0v) is 15.0. The lowest BCUT2D eigenvalue weighted by Gasteiger charge is -2.29. The number of anilines is 1. The highest BCUT2D eigenvalue weighted by atomic mass is 16.2. The molecular weight excluding hydrogens is 374 g/mol. The maximum atomic E-state index is 13.4. The molecule has 0 saturated carbocycles. The molecule has 0 saturated heterocycles. The Balaban J connectivity index is 1.96. The van der Waals surface area contributed by atoms with Crippen molar-refractivity contribution in [1.29, 1.82) is 0 Å². The van der Waals surface area contributed by atoms with Crippen LogP contribution in [0.25, 0.3) is 0 Å². The second-order valence-corrected chi connectivity index (χ2v) is 6.42. The maximum Gasteiger partial charge on any atom is 0.404 e. The number of aromatic nitrogens is 1. The van der Waals surface area contributed by atoms with E-state index in [2.05, 4.69) is 5.43 Å². The molecule has 144 valence electrons. The lowest BCUT2D eigenvalue weighted by atomic mass is 10.0. The zero-order valence-electron chi connectivity index (χ0n) is 15.0. The summed E-state index contributed by atoms with van der Waals surface area (Å²) in [4.78, 5) is 50.6. The molecule has 4 amide bonds. The van der Waals surface area contributed by atoms with Crippen LogP contribution in [0.2, 0.25) is 0 Å². The maximum absolute atomic E-state index is 13.4. The monoisotopic (exact) mass is 390 g/mol. The lowest BCUT2D eigenvalue weighted by Crippen LogP contribution is -2.66. The number of carbonyl (C=O) groups excluding carboxylic acids is 4. The van der Waals surface area contributed by atoms with Crippen LogP contribution >= 0.6 is 0 Å². The SMILES string of the molecule is NC(=O)c1cccc(N[N+]2(n3cccc3)C(=O)c3ccccc3C2=O)c1C(N)=O. The molecular formula is C20H16N5O4+. The number of nitrogens with one attached hydrogen (secondary N) is 1. The summed E-state index contributed by atoms with van der Waals surface area (Å²) in [6.07, 6.45) is 3.08. The second kappa shape index (κ2) is 6.43. The molecule has 0 aliphatic carbocycles. The number of quaternary nitrogens is 1. The summed E-state index contributed by atoms with van der Waals surface area (Å²) in [6, 6.07) is 14.0. The molecule has 1 aromatic heterocycles. The van der Waals surface area contributed by atoms with Crippen molar-refractivity contribution < 1.29 is 19.2 Å². The number of fused-ring (bicyclic) bond motifs is 1. The van der Waals surface area contributed by atoms with Gasteiger partial charge in [-0.15, -0.1) is 0 Å². The molecule has 2 heterocycles. The third-order valence-electron chi connectivity index (χ3n) is 4.77. The highest BCUT2D eigenvalue weighted by Gasteiger charge is 2.57. The second-order valence-electron chi connectivity index (χ2n) is 6.42. The van der Waals surface area contributed by atoms with E-state index >= 15 is 0 Å². The number of benzene rings is 2. The van der Waals surface area contributed by atoms with Crippen molar-refractivity contribution in [3.05, 3.63) is 89.2 Å². The van der Waals surface area contributed by atoms with E-state index < -0.39 is 28.3 Å². The number of imide groups is 1. The predicted molar refractivity (Wildman–Crippen MR) is 104 cm³/mol. The van der Waals surface area contributed by atoms with E-state index in [0.29, 0.717) is 0 Å². The fraction of sp³-hybridized carbons (Fsp3) is 0. The van der Waals surface area contributed by atoms with Crippen LogP contribution in [0.3, 0.4) is 0 Å². The van der Waals surface area contributed by atoms with E-state index in [9.17, 15) is 19.2 Å². The Morgan fingerprint density at radius 3 is 1.90 bits per heavy atom. The third-order valence-corrected chi connectivity index (χ3v) is 4.77. The van der Waals surface area contributed by atoms with Crippen LogP contribution in [0.15, 0.2) is 67.0 Å². The van der Waals surface area contributed by atoms with Crippen molar-refractivity contribution in [1.82, 2.24) is 9.38 Å². The molecule has 1 aliphatic rings. The molecule has 2 aromatic carbocycles. The summed E-state index contributed by atoms with van der Waals surface area (Å²) in [5.74, 6) is -2.90. The summed E-state index contributed by atoms with van der Waals surface area (Å²) >= 11 is 0. The molecule has 3 aromatic rings.